The predicted molar refractivity (Wildman–Crippen MR) is 120 cm³/mol. The van der Waals surface area contributed by atoms with Crippen LogP contribution in [0.4, 0.5) is 11.6 Å². The molecule has 3 rings (SSSR count). The number of hydrogen-bond acceptors (Lipinski definition) is 8. The second kappa shape index (κ2) is 8.50. The topological polar surface area (TPSA) is 109 Å². The summed E-state index contributed by atoms with van der Waals surface area (Å²) >= 11 is 0. The highest BCUT2D eigenvalue weighted by Gasteiger charge is 2.22. The molecular formula is C20H27N7O2S. The molecule has 0 amide bonds. The fourth-order valence-electron chi connectivity index (χ4n) is 2.85. The Morgan fingerprint density at radius 2 is 1.63 bits per heavy atom. The number of rotatable bonds is 7. The minimum atomic E-state index is -3.70. The Morgan fingerprint density at radius 1 is 0.900 bits per heavy atom. The van der Waals surface area contributed by atoms with Gasteiger partial charge in [0, 0.05) is 46.0 Å². The van der Waals surface area contributed by atoms with Gasteiger partial charge in [0.1, 0.15) is 16.5 Å². The minimum Gasteiger partial charge on any atom is -0.383 e. The molecule has 3 aromatic rings. The van der Waals surface area contributed by atoms with E-state index >= 15 is 0 Å². The molecule has 0 unspecified atom stereocenters. The van der Waals surface area contributed by atoms with Crippen LogP contribution in [0.15, 0.2) is 41.6 Å². The lowest BCUT2D eigenvalue weighted by Gasteiger charge is -2.20. The molecule has 30 heavy (non-hydrogen) atoms. The van der Waals surface area contributed by atoms with E-state index in [4.69, 9.17) is 10.7 Å². The smallest absolute Gasteiger partial charge is 0.246 e. The van der Waals surface area contributed by atoms with E-state index in [2.05, 4.69) is 14.9 Å². The molecule has 160 valence electrons. The second-order valence-corrected chi connectivity index (χ2v) is 9.67. The first kappa shape index (κ1) is 21.9. The Balaban J connectivity index is 2.01. The fourth-order valence-corrected chi connectivity index (χ4v) is 3.83. The minimum absolute atomic E-state index is 0.0200. The maximum Gasteiger partial charge on any atom is 0.246 e. The van der Waals surface area contributed by atoms with Gasteiger partial charge in [0.25, 0.3) is 0 Å². The number of pyridine rings is 1. The van der Waals surface area contributed by atoms with E-state index in [1.54, 1.807) is 18.5 Å². The normalized spacial score (nSPS) is 12.1. The van der Waals surface area contributed by atoms with Gasteiger partial charge in [0.05, 0.1) is 17.2 Å². The van der Waals surface area contributed by atoms with Crippen LogP contribution in [-0.4, -0.2) is 80.9 Å². The van der Waals surface area contributed by atoms with Gasteiger partial charge >= 0.3 is 0 Å². The first-order valence-electron chi connectivity index (χ1n) is 9.40. The molecular weight excluding hydrogens is 402 g/mol. The average Bonchev–Trinajstić information content (AvgIpc) is 2.71. The highest BCUT2D eigenvalue weighted by molar-refractivity contribution is 7.89. The Hall–Kier alpha value is -2.82. The molecule has 0 saturated carbocycles. The molecule has 0 atom stereocenters. The van der Waals surface area contributed by atoms with Crippen LogP contribution in [0.25, 0.3) is 22.2 Å². The van der Waals surface area contributed by atoms with Gasteiger partial charge in [-0.05, 0) is 37.9 Å². The molecule has 0 aliphatic heterocycles. The van der Waals surface area contributed by atoms with Gasteiger partial charge in [0.15, 0.2) is 0 Å². The number of sulfonamides is 1. The van der Waals surface area contributed by atoms with Crippen molar-refractivity contribution >= 4 is 32.7 Å². The van der Waals surface area contributed by atoms with Crippen LogP contribution in [0.5, 0.6) is 0 Å². The summed E-state index contributed by atoms with van der Waals surface area (Å²) < 4.78 is 26.2. The Kier molecular flexibility index (Phi) is 6.20. The third kappa shape index (κ3) is 4.50. The van der Waals surface area contributed by atoms with E-state index < -0.39 is 10.0 Å². The van der Waals surface area contributed by atoms with Gasteiger partial charge < -0.3 is 15.5 Å². The summed E-state index contributed by atoms with van der Waals surface area (Å²) in [5.41, 5.74) is 8.74. The van der Waals surface area contributed by atoms with Gasteiger partial charge in [-0.15, -0.1) is 0 Å². The summed E-state index contributed by atoms with van der Waals surface area (Å²) in [4.78, 5) is 17.5. The number of nitrogen functional groups attached to an aromatic ring is 1. The number of anilines is 2. The summed E-state index contributed by atoms with van der Waals surface area (Å²) in [6.07, 6.45) is 3.32. The Labute approximate surface area is 177 Å². The van der Waals surface area contributed by atoms with Gasteiger partial charge in [-0.25, -0.2) is 22.7 Å². The van der Waals surface area contributed by atoms with Crippen molar-refractivity contribution in [2.75, 3.05) is 59.0 Å². The molecule has 0 bridgehead atoms. The number of fused-ring (bicyclic) bond motifs is 1. The molecule has 0 saturated heterocycles. The van der Waals surface area contributed by atoms with Crippen molar-refractivity contribution in [2.24, 2.45) is 0 Å². The molecule has 0 aliphatic carbocycles. The largest absolute Gasteiger partial charge is 0.383 e. The lowest BCUT2D eigenvalue weighted by molar-refractivity contribution is 0.416. The highest BCUT2D eigenvalue weighted by Crippen LogP contribution is 2.28. The molecule has 9 nitrogen and oxygen atoms in total. The molecule has 1 aromatic carbocycles. The van der Waals surface area contributed by atoms with Crippen LogP contribution in [0, 0.1) is 0 Å². The Morgan fingerprint density at radius 3 is 2.30 bits per heavy atom. The predicted octanol–water partition coefficient (Wildman–Crippen LogP) is 1.52. The first-order valence-corrected chi connectivity index (χ1v) is 10.8. The molecule has 10 heteroatoms. The van der Waals surface area contributed by atoms with Crippen molar-refractivity contribution < 1.29 is 8.42 Å². The Bertz CT molecular complexity index is 1160. The van der Waals surface area contributed by atoms with E-state index in [1.165, 1.54) is 14.1 Å². The fraction of sp³-hybridized carbons (Fsp3) is 0.350. The van der Waals surface area contributed by atoms with Crippen molar-refractivity contribution in [3.8, 4) is 11.1 Å². The van der Waals surface area contributed by atoms with Crippen LogP contribution in [-0.2, 0) is 10.0 Å². The summed E-state index contributed by atoms with van der Waals surface area (Å²) in [7, 11) is 5.24. The van der Waals surface area contributed by atoms with Crippen LogP contribution >= 0.6 is 0 Å². The molecule has 0 fully saturated rings. The maximum atomic E-state index is 12.6. The van der Waals surface area contributed by atoms with E-state index in [0.717, 1.165) is 39.8 Å². The van der Waals surface area contributed by atoms with Gasteiger partial charge in [-0.2, -0.15) is 0 Å². The standard InChI is InChI=1S/C20H27N7O2S/c1-25(2)8-9-27(5)19-13-22-16-7-6-14(10-17(16)24-19)15-11-18(20(21)23-12-15)30(28,29)26(3)4/h6-7,10-13H,8-9H2,1-5H3,(H2,21,23). The molecule has 2 heterocycles. The first-order chi connectivity index (χ1) is 14.1. The number of aromatic nitrogens is 3. The molecule has 2 N–H and O–H groups in total. The van der Waals surface area contributed by atoms with E-state index in [1.807, 2.05) is 44.2 Å². The van der Waals surface area contributed by atoms with E-state index in [9.17, 15) is 8.42 Å². The SMILES string of the molecule is CN(C)CCN(C)c1cnc2ccc(-c3cnc(N)c(S(=O)(=O)N(C)C)c3)cc2n1. The number of nitrogens with two attached hydrogens (primary N) is 1. The maximum absolute atomic E-state index is 12.6. The summed E-state index contributed by atoms with van der Waals surface area (Å²) in [5, 5.41) is 0. The monoisotopic (exact) mass is 429 g/mol. The van der Waals surface area contributed by atoms with Crippen molar-refractivity contribution in [1.82, 2.24) is 24.2 Å². The highest BCUT2D eigenvalue weighted by atomic mass is 32.2. The van der Waals surface area contributed by atoms with Gasteiger partial charge in [-0.3, -0.25) is 4.98 Å². The number of hydrogen-bond donors (Lipinski definition) is 1. The molecule has 2 aromatic heterocycles. The molecule has 0 spiro atoms. The van der Waals surface area contributed by atoms with E-state index in [0.29, 0.717) is 5.56 Å². The van der Waals surface area contributed by atoms with E-state index in [-0.39, 0.29) is 10.7 Å². The van der Waals surface area contributed by atoms with Crippen molar-refractivity contribution in [3.05, 3.63) is 36.7 Å². The van der Waals surface area contributed by atoms with Crippen molar-refractivity contribution in [3.63, 3.8) is 0 Å². The lowest BCUT2D eigenvalue weighted by Crippen LogP contribution is -2.29. The zero-order valence-corrected chi connectivity index (χ0v) is 18.7. The summed E-state index contributed by atoms with van der Waals surface area (Å²) in [5.74, 6) is 0.741. The van der Waals surface area contributed by atoms with Crippen LogP contribution in [0.3, 0.4) is 0 Å². The number of likely N-dealkylation sites (N-methyl/N-ethyl adjacent to an activating group) is 2. The average molecular weight is 430 g/mol. The lowest BCUT2D eigenvalue weighted by atomic mass is 10.1. The van der Waals surface area contributed by atoms with Crippen LogP contribution in [0.2, 0.25) is 0 Å². The van der Waals surface area contributed by atoms with Crippen LogP contribution < -0.4 is 10.6 Å². The molecule has 0 aliphatic rings. The third-order valence-corrected chi connectivity index (χ3v) is 6.62. The van der Waals surface area contributed by atoms with Crippen molar-refractivity contribution in [2.45, 2.75) is 4.90 Å². The van der Waals surface area contributed by atoms with Gasteiger partial charge in [0.2, 0.25) is 10.0 Å². The quantitative estimate of drug-likeness (QED) is 0.602. The number of benzene rings is 1. The van der Waals surface area contributed by atoms with Gasteiger partial charge in [-0.1, -0.05) is 6.07 Å². The number of nitrogens with zero attached hydrogens (tertiary/aromatic N) is 6. The summed E-state index contributed by atoms with van der Waals surface area (Å²) in [6.45, 7) is 1.72. The molecule has 0 radical (unpaired) electrons. The zero-order chi connectivity index (χ0) is 22.1. The van der Waals surface area contributed by atoms with Crippen molar-refractivity contribution in [1.29, 1.82) is 0 Å². The zero-order valence-electron chi connectivity index (χ0n) is 17.9. The summed E-state index contributed by atoms with van der Waals surface area (Å²) in [6, 6.07) is 7.15. The van der Waals surface area contributed by atoms with Crippen LogP contribution in [0.1, 0.15) is 0 Å². The third-order valence-electron chi connectivity index (χ3n) is 4.78. The second-order valence-electron chi connectivity index (χ2n) is 7.55.